The summed E-state index contributed by atoms with van der Waals surface area (Å²) in [7, 11) is 0. The molecule has 0 bridgehead atoms. The lowest BCUT2D eigenvalue weighted by Gasteiger charge is -2.27. The molecule has 0 aliphatic rings. The topological polar surface area (TPSA) is 0 Å². The second-order valence-electron chi connectivity index (χ2n) is 6.23. The molecule has 1 aromatic carbocycles. The fourth-order valence-corrected chi connectivity index (χ4v) is 2.57. The highest BCUT2D eigenvalue weighted by molar-refractivity contribution is 5.22. The molecule has 1 rings (SSSR count). The van der Waals surface area contributed by atoms with Crippen molar-refractivity contribution in [2.75, 3.05) is 0 Å². The summed E-state index contributed by atoms with van der Waals surface area (Å²) in [6.07, 6.45) is -3.29. The Balaban J connectivity index is 2.22. The standard InChI is InChI=1S/C18H23F7/c19-16(20,18(24,25)15-11-7-6-8-12-15)13-9-4-2-1-3-5-10-14-17(21,22)23/h6-8,11-12H,1-5,9-10,13-14H2. The Hall–Kier alpha value is -1.27. The molecule has 0 aliphatic carbocycles. The molecule has 0 nitrogen and oxygen atoms in total. The fraction of sp³-hybridized carbons (Fsp3) is 0.667. The maximum atomic E-state index is 13.9. The maximum absolute atomic E-state index is 13.9. The van der Waals surface area contributed by atoms with Crippen LogP contribution in [0.1, 0.15) is 63.4 Å². The van der Waals surface area contributed by atoms with E-state index in [4.69, 9.17) is 0 Å². The Labute approximate surface area is 143 Å². The molecule has 0 spiro atoms. The molecule has 0 saturated carbocycles. The van der Waals surface area contributed by atoms with Crippen LogP contribution in [-0.2, 0) is 5.92 Å². The first-order chi connectivity index (χ1) is 11.6. The molecule has 0 saturated heterocycles. The monoisotopic (exact) mass is 372 g/mol. The number of alkyl halides is 7. The van der Waals surface area contributed by atoms with Crippen molar-refractivity contribution in [2.24, 2.45) is 0 Å². The van der Waals surface area contributed by atoms with Gasteiger partial charge in [0.25, 0.3) is 0 Å². The molecule has 0 aromatic heterocycles. The Morgan fingerprint density at radius 1 is 0.560 bits per heavy atom. The molecule has 0 atom stereocenters. The quantitative estimate of drug-likeness (QED) is 0.279. The first-order valence-electron chi connectivity index (χ1n) is 8.44. The molecule has 0 amide bonds. The second-order valence-corrected chi connectivity index (χ2v) is 6.23. The maximum Gasteiger partial charge on any atom is 0.389 e. The summed E-state index contributed by atoms with van der Waals surface area (Å²) in [5, 5.41) is 0. The van der Waals surface area contributed by atoms with Crippen LogP contribution in [0.25, 0.3) is 0 Å². The molecule has 0 heterocycles. The van der Waals surface area contributed by atoms with Crippen molar-refractivity contribution in [3.63, 3.8) is 0 Å². The van der Waals surface area contributed by atoms with Gasteiger partial charge in [0, 0.05) is 18.4 Å². The second kappa shape index (κ2) is 9.43. The van der Waals surface area contributed by atoms with E-state index in [1.54, 1.807) is 0 Å². The summed E-state index contributed by atoms with van der Waals surface area (Å²) in [6.45, 7) is 0. The van der Waals surface area contributed by atoms with E-state index in [1.165, 1.54) is 18.2 Å². The molecule has 144 valence electrons. The lowest BCUT2D eigenvalue weighted by atomic mass is 9.97. The van der Waals surface area contributed by atoms with E-state index in [9.17, 15) is 30.7 Å². The van der Waals surface area contributed by atoms with E-state index in [2.05, 4.69) is 0 Å². The van der Waals surface area contributed by atoms with Gasteiger partial charge in [0.2, 0.25) is 0 Å². The molecule has 7 heteroatoms. The first kappa shape index (κ1) is 21.8. The van der Waals surface area contributed by atoms with Gasteiger partial charge in [-0.25, -0.2) is 0 Å². The van der Waals surface area contributed by atoms with Crippen molar-refractivity contribution < 1.29 is 30.7 Å². The molecule has 0 N–H and O–H groups in total. The Morgan fingerprint density at radius 3 is 1.48 bits per heavy atom. The Morgan fingerprint density at radius 2 is 1.00 bits per heavy atom. The number of rotatable bonds is 11. The predicted molar refractivity (Wildman–Crippen MR) is 82.9 cm³/mol. The van der Waals surface area contributed by atoms with Crippen LogP contribution in [0, 0.1) is 0 Å². The number of halogens is 7. The van der Waals surface area contributed by atoms with Crippen molar-refractivity contribution in [3.05, 3.63) is 35.9 Å². The first-order valence-corrected chi connectivity index (χ1v) is 8.44. The molecule has 0 fully saturated rings. The average molecular weight is 372 g/mol. The normalized spacial score (nSPS) is 13.2. The number of hydrogen-bond donors (Lipinski definition) is 0. The van der Waals surface area contributed by atoms with E-state index in [0.717, 1.165) is 12.1 Å². The van der Waals surface area contributed by atoms with Gasteiger partial charge in [0.15, 0.2) is 0 Å². The lowest BCUT2D eigenvalue weighted by Crippen LogP contribution is -2.37. The van der Waals surface area contributed by atoms with Crippen molar-refractivity contribution >= 4 is 0 Å². The zero-order chi connectivity index (χ0) is 19.0. The number of benzene rings is 1. The van der Waals surface area contributed by atoms with Gasteiger partial charge in [-0.05, 0) is 12.8 Å². The van der Waals surface area contributed by atoms with Crippen LogP contribution in [0.3, 0.4) is 0 Å². The third-order valence-electron chi connectivity index (χ3n) is 4.05. The van der Waals surface area contributed by atoms with Gasteiger partial charge in [-0.1, -0.05) is 62.4 Å². The van der Waals surface area contributed by atoms with Crippen LogP contribution < -0.4 is 0 Å². The van der Waals surface area contributed by atoms with Crippen LogP contribution >= 0.6 is 0 Å². The fourth-order valence-electron chi connectivity index (χ4n) is 2.57. The van der Waals surface area contributed by atoms with E-state index < -0.39 is 36.4 Å². The van der Waals surface area contributed by atoms with E-state index in [0.29, 0.717) is 32.1 Å². The number of unbranched alkanes of at least 4 members (excludes halogenated alkanes) is 6. The van der Waals surface area contributed by atoms with Crippen LogP contribution in [0.2, 0.25) is 0 Å². The highest BCUT2D eigenvalue weighted by atomic mass is 19.4. The van der Waals surface area contributed by atoms with Gasteiger partial charge in [0.1, 0.15) is 0 Å². The molecule has 0 unspecified atom stereocenters. The summed E-state index contributed by atoms with van der Waals surface area (Å²) >= 11 is 0. The molecule has 25 heavy (non-hydrogen) atoms. The van der Waals surface area contributed by atoms with Crippen LogP contribution in [-0.4, -0.2) is 12.1 Å². The summed E-state index contributed by atoms with van der Waals surface area (Å²) in [5.74, 6) is -8.34. The molecule has 0 radical (unpaired) electrons. The van der Waals surface area contributed by atoms with Crippen molar-refractivity contribution in [1.82, 2.24) is 0 Å². The Kier molecular flexibility index (Phi) is 8.22. The average Bonchev–Trinajstić information content (AvgIpc) is 2.53. The number of hydrogen-bond acceptors (Lipinski definition) is 0. The van der Waals surface area contributed by atoms with Crippen molar-refractivity contribution in [2.45, 2.75) is 75.8 Å². The van der Waals surface area contributed by atoms with Gasteiger partial charge in [0.05, 0.1) is 0 Å². The predicted octanol–water partition coefficient (Wildman–Crippen LogP) is 7.49. The van der Waals surface area contributed by atoms with Gasteiger partial charge >= 0.3 is 18.0 Å². The summed E-state index contributed by atoms with van der Waals surface area (Å²) in [6, 6.07) is 6.02. The molecule has 0 aliphatic heterocycles. The minimum absolute atomic E-state index is 0.0437. The summed E-state index contributed by atoms with van der Waals surface area (Å²) in [5.41, 5.74) is -0.704. The zero-order valence-electron chi connectivity index (χ0n) is 13.9. The van der Waals surface area contributed by atoms with Crippen molar-refractivity contribution in [1.29, 1.82) is 0 Å². The van der Waals surface area contributed by atoms with Gasteiger partial charge in [-0.15, -0.1) is 0 Å². The SMILES string of the molecule is FC(F)(F)CCCCCCCCCC(F)(F)C(F)(F)c1ccccc1. The van der Waals surface area contributed by atoms with E-state index >= 15 is 0 Å². The van der Waals surface area contributed by atoms with E-state index in [1.807, 2.05) is 0 Å². The minimum atomic E-state index is -4.22. The largest absolute Gasteiger partial charge is 0.389 e. The summed E-state index contributed by atoms with van der Waals surface area (Å²) < 4.78 is 91.2. The van der Waals surface area contributed by atoms with Gasteiger partial charge < -0.3 is 0 Å². The van der Waals surface area contributed by atoms with Gasteiger partial charge in [-0.2, -0.15) is 30.7 Å². The van der Waals surface area contributed by atoms with Crippen LogP contribution in [0.15, 0.2) is 30.3 Å². The summed E-state index contributed by atoms with van der Waals surface area (Å²) in [4.78, 5) is 0. The molecular formula is C18H23F7. The molecular weight excluding hydrogens is 349 g/mol. The third kappa shape index (κ3) is 7.65. The third-order valence-corrected chi connectivity index (χ3v) is 4.05. The minimum Gasteiger partial charge on any atom is -0.199 e. The van der Waals surface area contributed by atoms with Crippen LogP contribution in [0.4, 0.5) is 30.7 Å². The zero-order valence-corrected chi connectivity index (χ0v) is 13.9. The highest BCUT2D eigenvalue weighted by Gasteiger charge is 2.56. The Bertz CT molecular complexity index is 480. The van der Waals surface area contributed by atoms with Crippen LogP contribution in [0.5, 0.6) is 0 Å². The lowest BCUT2D eigenvalue weighted by molar-refractivity contribution is -0.219. The smallest absolute Gasteiger partial charge is 0.199 e. The molecule has 1 aromatic rings. The van der Waals surface area contributed by atoms with E-state index in [-0.39, 0.29) is 12.8 Å². The van der Waals surface area contributed by atoms with Crippen molar-refractivity contribution in [3.8, 4) is 0 Å². The highest BCUT2D eigenvalue weighted by Crippen LogP contribution is 2.45. The van der Waals surface area contributed by atoms with Gasteiger partial charge in [-0.3, -0.25) is 0 Å².